The molecule has 142 valence electrons. The molecule has 3 aromatic carbocycles. The van der Waals surface area contributed by atoms with Crippen LogP contribution in [0, 0.1) is 6.92 Å². The van der Waals surface area contributed by atoms with Crippen molar-refractivity contribution in [2.24, 2.45) is 4.99 Å². The smallest absolute Gasteiger partial charge is 0.230 e. The van der Waals surface area contributed by atoms with Crippen molar-refractivity contribution in [3.8, 4) is 17.1 Å². The maximum atomic E-state index is 6.19. The van der Waals surface area contributed by atoms with Crippen LogP contribution >= 0.6 is 0 Å². The van der Waals surface area contributed by atoms with Gasteiger partial charge >= 0.3 is 0 Å². The lowest BCUT2D eigenvalue weighted by Gasteiger charge is -2.05. The number of hydrogen-bond acceptors (Lipinski definition) is 4. The molecular weight excluding hydrogens is 362 g/mol. The zero-order valence-corrected chi connectivity index (χ0v) is 16.1. The number of hydrogen-bond donors (Lipinski definition) is 1. The van der Waals surface area contributed by atoms with Crippen LogP contribution in [0.3, 0.4) is 0 Å². The summed E-state index contributed by atoms with van der Waals surface area (Å²) in [6.07, 6.45) is 0. The van der Waals surface area contributed by atoms with Crippen LogP contribution in [0.2, 0.25) is 0 Å². The summed E-state index contributed by atoms with van der Waals surface area (Å²) in [5, 5.41) is 0.919. The van der Waals surface area contributed by atoms with E-state index in [1.165, 1.54) is 5.56 Å². The molecule has 0 aliphatic rings. The van der Waals surface area contributed by atoms with Crippen LogP contribution in [0.5, 0.6) is 5.75 Å². The van der Waals surface area contributed by atoms with Crippen molar-refractivity contribution in [1.29, 1.82) is 0 Å². The van der Waals surface area contributed by atoms with Gasteiger partial charge in [-0.1, -0.05) is 29.8 Å². The van der Waals surface area contributed by atoms with E-state index in [0.29, 0.717) is 11.4 Å². The van der Waals surface area contributed by atoms with Crippen LogP contribution in [-0.4, -0.2) is 17.1 Å². The number of aromatic amines is 1. The van der Waals surface area contributed by atoms with Crippen molar-refractivity contribution in [2.75, 3.05) is 7.11 Å². The van der Waals surface area contributed by atoms with Crippen molar-refractivity contribution >= 4 is 27.7 Å². The Kier molecular flexibility index (Phi) is 4.13. The van der Waals surface area contributed by atoms with Crippen LogP contribution in [0.25, 0.3) is 33.4 Å². The van der Waals surface area contributed by atoms with Crippen molar-refractivity contribution < 1.29 is 9.15 Å². The Balaban J connectivity index is 1.79. The molecule has 0 saturated carbocycles. The molecule has 0 fully saturated rings. The van der Waals surface area contributed by atoms with Crippen LogP contribution in [0.15, 0.2) is 82.2 Å². The van der Waals surface area contributed by atoms with E-state index >= 15 is 0 Å². The van der Waals surface area contributed by atoms with Crippen molar-refractivity contribution in [3.05, 3.63) is 83.9 Å². The highest BCUT2D eigenvalue weighted by atomic mass is 16.5. The number of fused-ring (bicyclic) bond motifs is 2. The van der Waals surface area contributed by atoms with E-state index in [1.807, 2.05) is 72.8 Å². The molecule has 5 heteroatoms. The molecule has 2 aromatic heterocycles. The maximum absolute atomic E-state index is 6.19. The number of nitrogens with zero attached hydrogens (tertiary/aromatic N) is 2. The minimum atomic E-state index is 0.505. The largest absolute Gasteiger partial charge is 0.497 e. The van der Waals surface area contributed by atoms with Gasteiger partial charge in [-0.05, 0) is 55.5 Å². The highest BCUT2D eigenvalue weighted by molar-refractivity contribution is 5.84. The molecule has 0 spiro atoms. The number of methoxy groups -OCH3 is 1. The molecule has 5 aromatic rings. The minimum absolute atomic E-state index is 0.505. The molecule has 5 nitrogen and oxygen atoms in total. The van der Waals surface area contributed by atoms with Gasteiger partial charge in [-0.25, -0.2) is 9.98 Å². The normalized spacial score (nSPS) is 12.0. The summed E-state index contributed by atoms with van der Waals surface area (Å²) in [7, 11) is 1.65. The van der Waals surface area contributed by atoms with Crippen LogP contribution in [0.1, 0.15) is 5.56 Å². The fraction of sp³-hybridized carbons (Fsp3) is 0.0833. The Morgan fingerprint density at radius 3 is 2.59 bits per heavy atom. The van der Waals surface area contributed by atoms with Gasteiger partial charge in [0.25, 0.3) is 0 Å². The average molecular weight is 381 g/mol. The molecule has 0 saturated heterocycles. The van der Waals surface area contributed by atoms with Crippen molar-refractivity contribution in [2.45, 2.75) is 6.92 Å². The number of aromatic nitrogens is 2. The summed E-state index contributed by atoms with van der Waals surface area (Å²) >= 11 is 0. The molecule has 0 radical (unpaired) electrons. The summed E-state index contributed by atoms with van der Waals surface area (Å²) < 4.78 is 11.6. The van der Waals surface area contributed by atoms with E-state index in [2.05, 4.69) is 11.9 Å². The number of H-pyrrole nitrogens is 1. The number of imidazole rings is 1. The monoisotopic (exact) mass is 381 g/mol. The summed E-state index contributed by atoms with van der Waals surface area (Å²) in [6, 6.07) is 23.7. The molecule has 1 N–H and O–H groups in total. The van der Waals surface area contributed by atoms with Crippen molar-refractivity contribution in [3.63, 3.8) is 0 Å². The van der Waals surface area contributed by atoms with Gasteiger partial charge in [0.1, 0.15) is 17.2 Å². The Hall–Kier alpha value is -3.86. The first kappa shape index (κ1) is 17.3. The average Bonchev–Trinajstić information content (AvgIpc) is 3.18. The second-order valence-corrected chi connectivity index (χ2v) is 6.92. The van der Waals surface area contributed by atoms with Gasteiger partial charge in [-0.15, -0.1) is 0 Å². The van der Waals surface area contributed by atoms with Gasteiger partial charge in [0.05, 0.1) is 29.4 Å². The molecule has 5 rings (SSSR count). The number of ether oxygens (including phenoxy) is 1. The third-order valence-corrected chi connectivity index (χ3v) is 4.86. The zero-order chi connectivity index (χ0) is 19.8. The Bertz CT molecular complexity index is 1360. The lowest BCUT2D eigenvalue weighted by atomic mass is 10.1. The van der Waals surface area contributed by atoms with E-state index in [9.17, 15) is 0 Å². The molecule has 0 unspecified atom stereocenters. The van der Waals surface area contributed by atoms with Crippen LogP contribution < -0.4 is 10.3 Å². The lowest BCUT2D eigenvalue weighted by molar-refractivity contribution is 0.415. The Morgan fingerprint density at radius 2 is 1.79 bits per heavy atom. The highest BCUT2D eigenvalue weighted by Gasteiger charge is 2.12. The first-order valence-electron chi connectivity index (χ1n) is 9.38. The van der Waals surface area contributed by atoms with Crippen molar-refractivity contribution in [1.82, 2.24) is 9.97 Å². The molecular formula is C24H19N3O2. The topological polar surface area (TPSA) is 63.4 Å². The maximum Gasteiger partial charge on any atom is 0.230 e. The second-order valence-electron chi connectivity index (χ2n) is 6.92. The van der Waals surface area contributed by atoms with Gasteiger partial charge in [0, 0.05) is 5.39 Å². The summed E-state index contributed by atoms with van der Waals surface area (Å²) in [4.78, 5) is 12.9. The third kappa shape index (κ3) is 3.27. The number of benzene rings is 3. The quantitative estimate of drug-likeness (QED) is 0.447. The SMILES string of the molecule is COc1ccc2oc(=Nc3ccc(C)cc3)c(-c3nc4ccccc4[nH]3)cc2c1. The second kappa shape index (κ2) is 6.95. The summed E-state index contributed by atoms with van der Waals surface area (Å²) in [5.41, 5.74) is 5.90. The van der Waals surface area contributed by atoms with Crippen LogP contribution in [-0.2, 0) is 0 Å². The molecule has 0 aliphatic heterocycles. The summed E-state index contributed by atoms with van der Waals surface area (Å²) in [6.45, 7) is 2.05. The summed E-state index contributed by atoms with van der Waals surface area (Å²) in [5.74, 6) is 1.48. The minimum Gasteiger partial charge on any atom is -0.497 e. The highest BCUT2D eigenvalue weighted by Crippen LogP contribution is 2.25. The predicted octanol–water partition coefficient (Wildman–Crippen LogP) is 5.53. The fourth-order valence-electron chi connectivity index (χ4n) is 3.31. The Morgan fingerprint density at radius 1 is 0.966 bits per heavy atom. The molecule has 0 aliphatic carbocycles. The zero-order valence-electron chi connectivity index (χ0n) is 16.1. The number of aryl methyl sites for hydroxylation is 1. The van der Waals surface area contributed by atoms with E-state index in [4.69, 9.17) is 19.1 Å². The van der Waals surface area contributed by atoms with Gasteiger partial charge < -0.3 is 14.1 Å². The lowest BCUT2D eigenvalue weighted by Crippen LogP contribution is -2.06. The standard InChI is InChI=1S/C24H19N3O2/c1-15-7-9-17(10-8-15)25-24-19(23-26-20-5-3-4-6-21(20)27-23)14-16-13-18(28-2)11-12-22(16)29-24/h3-14H,1-2H3,(H,26,27). The van der Waals surface area contributed by atoms with E-state index in [-0.39, 0.29) is 0 Å². The molecule has 29 heavy (non-hydrogen) atoms. The fourth-order valence-corrected chi connectivity index (χ4v) is 3.31. The first-order chi connectivity index (χ1) is 14.2. The van der Waals surface area contributed by atoms with Gasteiger partial charge in [0.2, 0.25) is 5.55 Å². The molecule has 2 heterocycles. The van der Waals surface area contributed by atoms with E-state index < -0.39 is 0 Å². The van der Waals surface area contributed by atoms with Gasteiger partial charge in [-0.3, -0.25) is 0 Å². The number of nitrogens with one attached hydrogen (secondary N) is 1. The Labute approximate surface area is 167 Å². The molecule has 0 atom stereocenters. The van der Waals surface area contributed by atoms with Gasteiger partial charge in [-0.2, -0.15) is 0 Å². The van der Waals surface area contributed by atoms with Gasteiger partial charge in [0.15, 0.2) is 0 Å². The van der Waals surface area contributed by atoms with Crippen LogP contribution in [0.4, 0.5) is 5.69 Å². The first-order valence-corrected chi connectivity index (χ1v) is 9.38. The number of para-hydroxylation sites is 2. The van der Waals surface area contributed by atoms with E-state index in [1.54, 1.807) is 7.11 Å². The molecule has 0 amide bonds. The molecule has 0 bridgehead atoms. The van der Waals surface area contributed by atoms with E-state index in [0.717, 1.165) is 39.0 Å². The third-order valence-electron chi connectivity index (χ3n) is 4.86. The number of rotatable bonds is 3. The predicted molar refractivity (Wildman–Crippen MR) is 114 cm³/mol.